The second-order valence-corrected chi connectivity index (χ2v) is 5.46. The molecule has 0 aliphatic carbocycles. The molecule has 1 heterocycles. The molecule has 0 radical (unpaired) electrons. The van der Waals surface area contributed by atoms with Crippen molar-refractivity contribution in [3.63, 3.8) is 0 Å². The predicted molar refractivity (Wildman–Crippen MR) is 88.1 cm³/mol. The van der Waals surface area contributed by atoms with Crippen LogP contribution in [0.5, 0.6) is 11.5 Å². The second kappa shape index (κ2) is 7.96. The standard InChI is InChI=1S/C17H21F2N3O3/c1-5-22-9-13(11(3)21-22)10(2)20-16(23)12-6-7-14(25-17(18)19)15(8-12)24-4/h6-10,17H,5H2,1-4H3,(H,20,23). The zero-order valence-electron chi connectivity index (χ0n) is 14.5. The number of hydrogen-bond acceptors (Lipinski definition) is 4. The molecule has 2 rings (SSSR count). The Morgan fingerprint density at radius 2 is 2.08 bits per heavy atom. The van der Waals surface area contributed by atoms with Crippen LogP contribution in [0.25, 0.3) is 0 Å². The highest BCUT2D eigenvalue weighted by atomic mass is 19.3. The molecule has 0 fully saturated rings. The zero-order valence-corrected chi connectivity index (χ0v) is 14.5. The number of amides is 1. The highest BCUT2D eigenvalue weighted by Crippen LogP contribution is 2.29. The molecule has 1 aromatic heterocycles. The van der Waals surface area contributed by atoms with Crippen LogP contribution < -0.4 is 14.8 Å². The third-order valence-corrected chi connectivity index (χ3v) is 3.76. The number of rotatable bonds is 7. The molecule has 0 spiro atoms. The van der Waals surface area contributed by atoms with Crippen LogP contribution in [0.1, 0.15) is 41.5 Å². The summed E-state index contributed by atoms with van der Waals surface area (Å²) in [4.78, 5) is 12.4. The summed E-state index contributed by atoms with van der Waals surface area (Å²) in [5.41, 5.74) is 2.04. The molecule has 1 aromatic carbocycles. The molecule has 1 amide bonds. The number of carbonyl (C=O) groups is 1. The van der Waals surface area contributed by atoms with Crippen LogP contribution in [0, 0.1) is 6.92 Å². The number of hydrogen-bond donors (Lipinski definition) is 1. The van der Waals surface area contributed by atoms with Gasteiger partial charge in [0.25, 0.3) is 5.91 Å². The number of carbonyl (C=O) groups excluding carboxylic acids is 1. The van der Waals surface area contributed by atoms with Gasteiger partial charge in [-0.15, -0.1) is 0 Å². The lowest BCUT2D eigenvalue weighted by Crippen LogP contribution is -2.26. The quantitative estimate of drug-likeness (QED) is 0.829. The van der Waals surface area contributed by atoms with E-state index in [0.717, 1.165) is 17.8 Å². The van der Waals surface area contributed by atoms with E-state index in [1.807, 2.05) is 27.0 Å². The molecule has 1 atom stereocenters. The van der Waals surface area contributed by atoms with E-state index in [0.29, 0.717) is 0 Å². The van der Waals surface area contributed by atoms with Gasteiger partial charge in [0.15, 0.2) is 11.5 Å². The van der Waals surface area contributed by atoms with Crippen molar-refractivity contribution in [3.05, 3.63) is 41.2 Å². The fourth-order valence-corrected chi connectivity index (χ4v) is 2.48. The number of aryl methyl sites for hydroxylation is 2. The van der Waals surface area contributed by atoms with Crippen LogP contribution in [0.2, 0.25) is 0 Å². The summed E-state index contributed by atoms with van der Waals surface area (Å²) >= 11 is 0. The Morgan fingerprint density at radius 3 is 2.64 bits per heavy atom. The smallest absolute Gasteiger partial charge is 0.387 e. The van der Waals surface area contributed by atoms with Crippen LogP contribution in [-0.4, -0.2) is 29.4 Å². The van der Waals surface area contributed by atoms with Gasteiger partial charge in [0.1, 0.15) is 0 Å². The Kier molecular flexibility index (Phi) is 5.95. The van der Waals surface area contributed by atoms with Crippen LogP contribution in [0.15, 0.2) is 24.4 Å². The Labute approximate surface area is 144 Å². The van der Waals surface area contributed by atoms with Crippen molar-refractivity contribution in [1.29, 1.82) is 0 Å². The second-order valence-electron chi connectivity index (χ2n) is 5.46. The lowest BCUT2D eigenvalue weighted by molar-refractivity contribution is -0.0512. The number of benzene rings is 1. The van der Waals surface area contributed by atoms with E-state index in [-0.39, 0.29) is 29.0 Å². The summed E-state index contributed by atoms with van der Waals surface area (Å²) in [6, 6.07) is 3.80. The van der Waals surface area contributed by atoms with E-state index >= 15 is 0 Å². The normalized spacial score (nSPS) is 12.1. The molecule has 2 aromatic rings. The van der Waals surface area contributed by atoms with Crippen molar-refractivity contribution >= 4 is 5.91 Å². The largest absolute Gasteiger partial charge is 0.493 e. The van der Waals surface area contributed by atoms with Crippen molar-refractivity contribution in [2.45, 2.75) is 40.0 Å². The van der Waals surface area contributed by atoms with Crippen molar-refractivity contribution < 1.29 is 23.0 Å². The Hall–Kier alpha value is -2.64. The lowest BCUT2D eigenvalue weighted by atomic mass is 10.1. The first-order valence-corrected chi connectivity index (χ1v) is 7.83. The molecule has 136 valence electrons. The van der Waals surface area contributed by atoms with E-state index in [9.17, 15) is 13.6 Å². The highest BCUT2D eigenvalue weighted by Gasteiger charge is 2.18. The highest BCUT2D eigenvalue weighted by molar-refractivity contribution is 5.95. The summed E-state index contributed by atoms with van der Waals surface area (Å²) in [6.45, 7) is 3.49. The zero-order chi connectivity index (χ0) is 18.6. The van der Waals surface area contributed by atoms with E-state index < -0.39 is 6.61 Å². The van der Waals surface area contributed by atoms with Gasteiger partial charge in [0.2, 0.25) is 0 Å². The molecule has 0 saturated carbocycles. The maximum atomic E-state index is 12.4. The predicted octanol–water partition coefficient (Wildman–Crippen LogP) is 3.31. The molecule has 0 aliphatic heterocycles. The monoisotopic (exact) mass is 353 g/mol. The van der Waals surface area contributed by atoms with Crippen molar-refractivity contribution in [2.24, 2.45) is 0 Å². The van der Waals surface area contributed by atoms with Crippen molar-refractivity contribution in [1.82, 2.24) is 15.1 Å². The van der Waals surface area contributed by atoms with Gasteiger partial charge in [-0.2, -0.15) is 13.9 Å². The van der Waals surface area contributed by atoms with Crippen LogP contribution in [0.3, 0.4) is 0 Å². The number of aromatic nitrogens is 2. The minimum absolute atomic E-state index is 0.0654. The van der Waals surface area contributed by atoms with Gasteiger partial charge in [-0.05, 0) is 39.0 Å². The summed E-state index contributed by atoms with van der Waals surface area (Å²) in [6.07, 6.45) is 1.89. The first-order chi connectivity index (χ1) is 11.8. The fourth-order valence-electron chi connectivity index (χ4n) is 2.48. The van der Waals surface area contributed by atoms with Gasteiger partial charge >= 0.3 is 6.61 Å². The molecule has 25 heavy (non-hydrogen) atoms. The van der Waals surface area contributed by atoms with Crippen molar-refractivity contribution in [3.8, 4) is 11.5 Å². The third kappa shape index (κ3) is 4.46. The average molecular weight is 353 g/mol. The number of nitrogens with one attached hydrogen (secondary N) is 1. The minimum atomic E-state index is -2.97. The molecule has 8 heteroatoms. The topological polar surface area (TPSA) is 65.4 Å². The Bertz CT molecular complexity index is 747. The lowest BCUT2D eigenvalue weighted by Gasteiger charge is -2.15. The number of methoxy groups -OCH3 is 1. The van der Waals surface area contributed by atoms with E-state index in [2.05, 4.69) is 15.2 Å². The van der Waals surface area contributed by atoms with Gasteiger partial charge < -0.3 is 14.8 Å². The number of nitrogens with zero attached hydrogens (tertiary/aromatic N) is 2. The minimum Gasteiger partial charge on any atom is -0.493 e. The number of halogens is 2. The molecule has 6 nitrogen and oxygen atoms in total. The van der Waals surface area contributed by atoms with E-state index in [1.54, 1.807) is 4.68 Å². The number of alkyl halides is 2. The van der Waals surface area contributed by atoms with Gasteiger partial charge in [0, 0.05) is 23.9 Å². The Morgan fingerprint density at radius 1 is 1.36 bits per heavy atom. The van der Waals surface area contributed by atoms with Gasteiger partial charge in [-0.25, -0.2) is 0 Å². The van der Waals surface area contributed by atoms with Crippen LogP contribution in [0.4, 0.5) is 8.78 Å². The molecule has 1 N–H and O–H groups in total. The van der Waals surface area contributed by atoms with Crippen LogP contribution in [-0.2, 0) is 6.54 Å². The van der Waals surface area contributed by atoms with E-state index in [1.165, 1.54) is 25.3 Å². The summed E-state index contributed by atoms with van der Waals surface area (Å²) < 4.78 is 35.9. The molecule has 0 bridgehead atoms. The third-order valence-electron chi connectivity index (χ3n) is 3.76. The fraction of sp³-hybridized carbons (Fsp3) is 0.412. The number of ether oxygens (including phenoxy) is 2. The first-order valence-electron chi connectivity index (χ1n) is 7.83. The van der Waals surface area contributed by atoms with Gasteiger partial charge in [-0.3, -0.25) is 9.48 Å². The van der Waals surface area contributed by atoms with Gasteiger partial charge in [0.05, 0.1) is 18.8 Å². The molecule has 0 aliphatic rings. The van der Waals surface area contributed by atoms with Gasteiger partial charge in [-0.1, -0.05) is 0 Å². The summed E-state index contributed by atoms with van der Waals surface area (Å²) in [5, 5.41) is 7.22. The molecule has 0 saturated heterocycles. The Balaban J connectivity index is 2.15. The maximum Gasteiger partial charge on any atom is 0.387 e. The van der Waals surface area contributed by atoms with E-state index in [4.69, 9.17) is 4.74 Å². The maximum absolute atomic E-state index is 12.4. The van der Waals surface area contributed by atoms with Crippen molar-refractivity contribution in [2.75, 3.05) is 7.11 Å². The SMILES string of the molecule is CCn1cc(C(C)NC(=O)c2ccc(OC(F)F)c(OC)c2)c(C)n1. The average Bonchev–Trinajstić information content (AvgIpc) is 2.95. The van der Waals surface area contributed by atoms with Crippen LogP contribution >= 0.6 is 0 Å². The summed E-state index contributed by atoms with van der Waals surface area (Å²) in [7, 11) is 1.32. The molecular formula is C17H21F2N3O3. The first kappa shape index (κ1) is 18.7. The molecular weight excluding hydrogens is 332 g/mol. The summed E-state index contributed by atoms with van der Waals surface area (Å²) in [5.74, 6) is -0.407. The molecule has 1 unspecified atom stereocenters.